The van der Waals surface area contributed by atoms with E-state index in [2.05, 4.69) is 9.97 Å². The molecule has 0 saturated heterocycles. The van der Waals surface area contributed by atoms with Crippen LogP contribution in [0.25, 0.3) is 11.1 Å². The van der Waals surface area contributed by atoms with E-state index in [0.717, 1.165) is 27.5 Å². The zero-order valence-corrected chi connectivity index (χ0v) is 16.9. The van der Waals surface area contributed by atoms with Crippen molar-refractivity contribution >= 4 is 35.1 Å². The molecule has 2 aromatic carbocycles. The van der Waals surface area contributed by atoms with Crippen molar-refractivity contribution in [3.63, 3.8) is 0 Å². The minimum Gasteiger partial charge on any atom is -0.497 e. The van der Waals surface area contributed by atoms with Crippen LogP contribution in [0.3, 0.4) is 0 Å². The predicted octanol–water partition coefficient (Wildman–Crippen LogP) is 3.34. The molecule has 1 atom stereocenters. The maximum Gasteiger partial charge on any atom is 0.240 e. The second-order valence-corrected chi connectivity index (χ2v) is 8.12. The van der Waals surface area contributed by atoms with Gasteiger partial charge in [-0.05, 0) is 42.3 Å². The fourth-order valence-electron chi connectivity index (χ4n) is 3.28. The lowest BCUT2D eigenvalue weighted by atomic mass is 10.1. The summed E-state index contributed by atoms with van der Waals surface area (Å²) in [6, 6.07) is 13.7. The Hall–Kier alpha value is -3.26. The maximum absolute atomic E-state index is 13.0. The van der Waals surface area contributed by atoms with Gasteiger partial charge in [0.15, 0.2) is 0 Å². The molecule has 148 valence electrons. The number of anilines is 3. The molecule has 0 spiro atoms. The second kappa shape index (κ2) is 7.63. The molecule has 29 heavy (non-hydrogen) atoms. The number of hydrogen-bond donors (Lipinski definition) is 2. The van der Waals surface area contributed by atoms with E-state index in [1.165, 1.54) is 0 Å². The van der Waals surface area contributed by atoms with Crippen molar-refractivity contribution in [3.8, 4) is 16.9 Å². The normalized spacial score (nSPS) is 15.9. The van der Waals surface area contributed by atoms with Crippen molar-refractivity contribution in [2.45, 2.75) is 23.6 Å². The average Bonchev–Trinajstić information content (AvgIpc) is 2.72. The molecule has 7 nitrogen and oxygen atoms in total. The third-order valence-electron chi connectivity index (χ3n) is 4.81. The van der Waals surface area contributed by atoms with Gasteiger partial charge in [0.1, 0.15) is 11.6 Å². The lowest BCUT2D eigenvalue weighted by Gasteiger charge is -2.33. The summed E-state index contributed by atoms with van der Waals surface area (Å²) in [5.74, 6) is 1.29. The Morgan fingerprint density at radius 2 is 1.93 bits per heavy atom. The van der Waals surface area contributed by atoms with Gasteiger partial charge in [0.2, 0.25) is 11.9 Å². The van der Waals surface area contributed by atoms with Crippen molar-refractivity contribution < 1.29 is 9.53 Å². The summed E-state index contributed by atoms with van der Waals surface area (Å²) in [6.07, 6.45) is 1.60. The number of carbonyl (C=O) groups is 1. The van der Waals surface area contributed by atoms with Crippen molar-refractivity contribution in [3.05, 3.63) is 54.2 Å². The molecule has 1 aromatic heterocycles. The van der Waals surface area contributed by atoms with Crippen molar-refractivity contribution in [1.82, 2.24) is 9.97 Å². The van der Waals surface area contributed by atoms with Crippen LogP contribution < -0.4 is 21.1 Å². The number of nitrogens with zero attached hydrogens (tertiary/aromatic N) is 3. The molecule has 1 unspecified atom stereocenters. The summed E-state index contributed by atoms with van der Waals surface area (Å²) >= 11 is 1.56. The van der Waals surface area contributed by atoms with Gasteiger partial charge in [-0.25, -0.2) is 4.98 Å². The lowest BCUT2D eigenvalue weighted by molar-refractivity contribution is -0.118. The van der Waals surface area contributed by atoms with Gasteiger partial charge in [-0.3, -0.25) is 4.79 Å². The van der Waals surface area contributed by atoms with Gasteiger partial charge in [0.05, 0.1) is 24.6 Å². The van der Waals surface area contributed by atoms with Crippen LogP contribution in [0.5, 0.6) is 5.75 Å². The highest BCUT2D eigenvalue weighted by Gasteiger charge is 2.31. The second-order valence-electron chi connectivity index (χ2n) is 6.74. The number of ether oxygens (including phenoxy) is 1. The van der Waals surface area contributed by atoms with Crippen molar-refractivity contribution in [2.24, 2.45) is 0 Å². The summed E-state index contributed by atoms with van der Waals surface area (Å²) < 4.78 is 5.22. The lowest BCUT2D eigenvalue weighted by Crippen LogP contribution is -2.39. The van der Waals surface area contributed by atoms with Gasteiger partial charge in [0, 0.05) is 16.7 Å². The number of carbonyl (C=O) groups excluding carboxylic acids is 1. The zero-order chi connectivity index (χ0) is 20.5. The van der Waals surface area contributed by atoms with Gasteiger partial charge < -0.3 is 21.1 Å². The number of benzene rings is 2. The quantitative estimate of drug-likeness (QED) is 0.683. The number of nitrogens with two attached hydrogens (primary N) is 2. The van der Waals surface area contributed by atoms with E-state index < -0.39 is 0 Å². The minimum atomic E-state index is -0.156. The zero-order valence-electron chi connectivity index (χ0n) is 16.1. The number of methoxy groups -OCH3 is 1. The number of amides is 1. The van der Waals surface area contributed by atoms with Gasteiger partial charge in [-0.1, -0.05) is 18.2 Å². The Morgan fingerprint density at radius 3 is 2.62 bits per heavy atom. The van der Waals surface area contributed by atoms with E-state index >= 15 is 0 Å². The molecule has 1 aliphatic heterocycles. The number of fused-ring (bicyclic) bond motifs is 1. The SMILES string of the molecule is COc1ccc(CN2C(=O)C(C)Sc3ccc(-c4cnc(N)nc4N)cc32)cc1. The Kier molecular flexibility index (Phi) is 5.02. The summed E-state index contributed by atoms with van der Waals surface area (Å²) in [6.45, 7) is 2.40. The van der Waals surface area contributed by atoms with Crippen LogP contribution in [0.1, 0.15) is 12.5 Å². The molecule has 1 amide bonds. The van der Waals surface area contributed by atoms with Gasteiger partial charge in [-0.15, -0.1) is 11.8 Å². The van der Waals surface area contributed by atoms with Crippen LogP contribution >= 0.6 is 11.8 Å². The number of hydrogen-bond acceptors (Lipinski definition) is 7. The van der Waals surface area contributed by atoms with Crippen molar-refractivity contribution in [1.29, 1.82) is 0 Å². The molecule has 4 rings (SSSR count). The molecule has 2 heterocycles. The van der Waals surface area contributed by atoms with E-state index in [1.54, 1.807) is 25.1 Å². The summed E-state index contributed by atoms with van der Waals surface area (Å²) in [4.78, 5) is 23.9. The summed E-state index contributed by atoms with van der Waals surface area (Å²) in [5.41, 5.74) is 15.0. The number of nitrogen functional groups attached to an aromatic ring is 2. The van der Waals surface area contributed by atoms with Gasteiger partial charge in [0.25, 0.3) is 0 Å². The van der Waals surface area contributed by atoms with Gasteiger partial charge >= 0.3 is 0 Å². The van der Waals surface area contributed by atoms with Crippen LogP contribution in [0.2, 0.25) is 0 Å². The van der Waals surface area contributed by atoms with E-state index in [1.807, 2.05) is 54.3 Å². The molecule has 4 N–H and O–H groups in total. The topological polar surface area (TPSA) is 107 Å². The highest BCUT2D eigenvalue weighted by Crippen LogP contribution is 2.42. The van der Waals surface area contributed by atoms with Crippen LogP contribution in [-0.2, 0) is 11.3 Å². The fraction of sp³-hybridized carbons (Fsp3) is 0.190. The first-order valence-electron chi connectivity index (χ1n) is 9.09. The number of aromatic nitrogens is 2. The smallest absolute Gasteiger partial charge is 0.240 e. The summed E-state index contributed by atoms with van der Waals surface area (Å²) in [7, 11) is 1.63. The van der Waals surface area contributed by atoms with Crippen molar-refractivity contribution in [2.75, 3.05) is 23.5 Å². The minimum absolute atomic E-state index is 0.0667. The van der Waals surface area contributed by atoms with Crippen LogP contribution in [-0.4, -0.2) is 28.2 Å². The molecule has 3 aromatic rings. The third-order valence-corrected chi connectivity index (χ3v) is 5.97. The van der Waals surface area contributed by atoms with Crippen LogP contribution in [0, 0.1) is 0 Å². The average molecular weight is 407 g/mol. The van der Waals surface area contributed by atoms with Gasteiger partial charge in [-0.2, -0.15) is 4.98 Å². The number of rotatable bonds is 4. The van der Waals surface area contributed by atoms with E-state index in [4.69, 9.17) is 16.2 Å². The number of thioether (sulfide) groups is 1. The first-order chi connectivity index (χ1) is 14.0. The first kappa shape index (κ1) is 19.1. The van der Waals surface area contributed by atoms with E-state index in [9.17, 15) is 4.79 Å². The molecule has 0 radical (unpaired) electrons. The van der Waals surface area contributed by atoms with Crippen LogP contribution in [0.15, 0.2) is 53.6 Å². The Morgan fingerprint density at radius 1 is 1.17 bits per heavy atom. The maximum atomic E-state index is 13.0. The first-order valence-corrected chi connectivity index (χ1v) is 9.97. The summed E-state index contributed by atoms with van der Waals surface area (Å²) in [5, 5.41) is -0.156. The van der Waals surface area contributed by atoms with E-state index in [-0.39, 0.29) is 17.1 Å². The molecule has 1 aliphatic rings. The predicted molar refractivity (Wildman–Crippen MR) is 116 cm³/mol. The standard InChI is InChI=1S/C21H21N5O2S/c1-12-20(27)26(11-13-3-6-15(28-2)7-4-13)17-9-14(5-8-18(17)29-12)16-10-24-21(23)25-19(16)22/h3-10,12H,11H2,1-2H3,(H4,22,23,24,25). The van der Waals surface area contributed by atoms with E-state index in [0.29, 0.717) is 17.9 Å². The monoisotopic (exact) mass is 407 g/mol. The molecule has 0 saturated carbocycles. The Balaban J connectivity index is 1.74. The molecule has 8 heteroatoms. The molecular weight excluding hydrogens is 386 g/mol. The fourth-order valence-corrected chi connectivity index (χ4v) is 4.33. The highest BCUT2D eigenvalue weighted by atomic mass is 32.2. The molecule has 0 bridgehead atoms. The molecular formula is C21H21N5O2S. The Labute approximate surface area is 173 Å². The highest BCUT2D eigenvalue weighted by molar-refractivity contribution is 8.01. The largest absolute Gasteiger partial charge is 0.497 e. The third kappa shape index (κ3) is 3.71. The molecule has 0 aliphatic carbocycles. The Bertz CT molecular complexity index is 1070. The molecule has 0 fully saturated rings. The van der Waals surface area contributed by atoms with Crippen LogP contribution in [0.4, 0.5) is 17.5 Å².